The Morgan fingerprint density at radius 1 is 1.24 bits per heavy atom. The second-order valence-corrected chi connectivity index (χ2v) is 9.53. The summed E-state index contributed by atoms with van der Waals surface area (Å²) in [6, 6.07) is 8.79. The minimum Gasteiger partial charge on any atom is -0.309 e. The van der Waals surface area contributed by atoms with Gasteiger partial charge < -0.3 is 5.32 Å². The molecular weight excluding hydrogens is 282 g/mol. The lowest BCUT2D eigenvalue weighted by Gasteiger charge is -2.21. The summed E-state index contributed by atoms with van der Waals surface area (Å²) >= 11 is 0. The molecule has 4 heteroatoms. The molecule has 118 valence electrons. The third-order valence-corrected chi connectivity index (χ3v) is 6.67. The largest absolute Gasteiger partial charge is 0.309 e. The van der Waals surface area contributed by atoms with Crippen molar-refractivity contribution in [3.05, 3.63) is 35.4 Å². The van der Waals surface area contributed by atoms with Crippen molar-refractivity contribution in [1.82, 2.24) is 5.32 Å². The van der Waals surface area contributed by atoms with Crippen molar-refractivity contribution in [2.75, 3.05) is 12.3 Å². The highest BCUT2D eigenvalue weighted by atomic mass is 32.2. The van der Waals surface area contributed by atoms with Crippen LogP contribution in [0.3, 0.4) is 0 Å². The van der Waals surface area contributed by atoms with E-state index in [0.29, 0.717) is 12.3 Å². The molecule has 1 fully saturated rings. The Labute approximate surface area is 129 Å². The molecule has 0 aromatic heterocycles. The molecule has 3 nitrogen and oxygen atoms in total. The molecule has 1 aliphatic heterocycles. The molecule has 0 spiro atoms. The molecule has 1 heterocycles. The van der Waals surface area contributed by atoms with E-state index in [2.05, 4.69) is 57.3 Å². The summed E-state index contributed by atoms with van der Waals surface area (Å²) in [4.78, 5) is 0. The van der Waals surface area contributed by atoms with E-state index in [9.17, 15) is 8.42 Å². The number of rotatable bonds is 4. The van der Waals surface area contributed by atoms with Crippen LogP contribution < -0.4 is 5.32 Å². The predicted octanol–water partition coefficient (Wildman–Crippen LogP) is 3.21. The smallest absolute Gasteiger partial charge is 0.154 e. The van der Waals surface area contributed by atoms with Crippen molar-refractivity contribution in [2.45, 2.75) is 57.2 Å². The maximum Gasteiger partial charge on any atom is 0.154 e. The fraction of sp³-hybridized carbons (Fsp3) is 0.647. The van der Waals surface area contributed by atoms with Gasteiger partial charge in [0.05, 0.1) is 11.0 Å². The van der Waals surface area contributed by atoms with E-state index in [0.717, 1.165) is 12.8 Å². The maximum absolute atomic E-state index is 11.8. The van der Waals surface area contributed by atoms with Gasteiger partial charge in [-0.15, -0.1) is 0 Å². The van der Waals surface area contributed by atoms with E-state index in [4.69, 9.17) is 0 Å². The van der Waals surface area contributed by atoms with Crippen LogP contribution in [0.1, 0.15) is 57.7 Å². The Balaban J connectivity index is 1.96. The molecule has 1 saturated heterocycles. The van der Waals surface area contributed by atoms with Gasteiger partial charge in [-0.3, -0.25) is 0 Å². The van der Waals surface area contributed by atoms with Crippen molar-refractivity contribution < 1.29 is 8.42 Å². The average molecular weight is 309 g/mol. The minimum absolute atomic E-state index is 0.160. The molecule has 2 atom stereocenters. The van der Waals surface area contributed by atoms with Gasteiger partial charge in [-0.1, -0.05) is 45.0 Å². The van der Waals surface area contributed by atoms with Crippen LogP contribution in [0.25, 0.3) is 0 Å². The zero-order chi connectivity index (χ0) is 15.7. The fourth-order valence-corrected chi connectivity index (χ4v) is 4.56. The van der Waals surface area contributed by atoms with Crippen molar-refractivity contribution >= 4 is 9.84 Å². The van der Waals surface area contributed by atoms with Gasteiger partial charge in [-0.2, -0.15) is 0 Å². The minimum atomic E-state index is -2.85. The highest BCUT2D eigenvalue weighted by Crippen LogP contribution is 2.24. The molecule has 0 amide bonds. The third-order valence-electron chi connectivity index (χ3n) is 4.39. The van der Waals surface area contributed by atoms with Crippen LogP contribution in [0, 0.1) is 0 Å². The molecule has 0 bridgehead atoms. The van der Waals surface area contributed by atoms with E-state index in [1.807, 2.05) is 0 Å². The number of hydrogen-bond acceptors (Lipinski definition) is 3. The van der Waals surface area contributed by atoms with Crippen molar-refractivity contribution in [1.29, 1.82) is 0 Å². The molecule has 0 radical (unpaired) electrons. The molecule has 1 N–H and O–H groups in total. The Hall–Kier alpha value is -0.870. The summed E-state index contributed by atoms with van der Waals surface area (Å²) in [5, 5.41) is 3.18. The number of sulfone groups is 1. The molecule has 1 aromatic rings. The Bertz CT molecular complexity index is 570. The van der Waals surface area contributed by atoms with Gasteiger partial charge in [0.15, 0.2) is 9.84 Å². The van der Waals surface area contributed by atoms with Crippen LogP contribution in [0.4, 0.5) is 0 Å². The van der Waals surface area contributed by atoms with Crippen LogP contribution in [-0.4, -0.2) is 26.0 Å². The van der Waals surface area contributed by atoms with Crippen molar-refractivity contribution in [2.24, 2.45) is 0 Å². The van der Waals surface area contributed by atoms with E-state index in [1.54, 1.807) is 0 Å². The normalized spacial score (nSPS) is 23.1. The van der Waals surface area contributed by atoms with Gasteiger partial charge in [-0.05, 0) is 36.3 Å². The van der Waals surface area contributed by atoms with Crippen LogP contribution in [0.5, 0.6) is 0 Å². The average Bonchev–Trinajstić information content (AvgIpc) is 2.74. The van der Waals surface area contributed by atoms with Crippen LogP contribution >= 0.6 is 0 Å². The standard InChI is InChI=1S/C17H27NO2S/c1-13(18-12-16-6-5-11-21(16,19)20)14-7-9-15(10-8-14)17(2,3)4/h7-10,13,16,18H,5-6,11-12H2,1-4H3. The summed E-state index contributed by atoms with van der Waals surface area (Å²) in [5.74, 6) is 0.355. The van der Waals surface area contributed by atoms with Gasteiger partial charge in [-0.25, -0.2) is 8.42 Å². The SMILES string of the molecule is CC(NCC1CCCS1(=O)=O)c1ccc(C(C)(C)C)cc1. The first-order valence-corrected chi connectivity index (χ1v) is 9.47. The summed E-state index contributed by atoms with van der Waals surface area (Å²) in [7, 11) is -2.85. The lowest BCUT2D eigenvalue weighted by Crippen LogP contribution is -2.32. The molecular formula is C17H27NO2S. The van der Waals surface area contributed by atoms with Gasteiger partial charge in [0, 0.05) is 12.6 Å². The zero-order valence-corrected chi connectivity index (χ0v) is 14.3. The second kappa shape index (κ2) is 6.09. The maximum atomic E-state index is 11.8. The molecule has 21 heavy (non-hydrogen) atoms. The lowest BCUT2D eigenvalue weighted by atomic mass is 9.86. The Morgan fingerprint density at radius 2 is 1.86 bits per heavy atom. The quantitative estimate of drug-likeness (QED) is 0.929. The topological polar surface area (TPSA) is 46.2 Å². The molecule has 2 unspecified atom stereocenters. The lowest BCUT2D eigenvalue weighted by molar-refractivity contribution is 0.537. The van der Waals surface area contributed by atoms with E-state index in [1.165, 1.54) is 11.1 Å². The number of hydrogen-bond donors (Lipinski definition) is 1. The van der Waals surface area contributed by atoms with E-state index >= 15 is 0 Å². The summed E-state index contributed by atoms with van der Waals surface area (Å²) < 4.78 is 23.7. The van der Waals surface area contributed by atoms with E-state index in [-0.39, 0.29) is 16.7 Å². The molecule has 1 aliphatic rings. The first kappa shape index (κ1) is 16.5. The van der Waals surface area contributed by atoms with Gasteiger partial charge in [0.25, 0.3) is 0 Å². The Kier molecular flexibility index (Phi) is 4.79. The van der Waals surface area contributed by atoms with Crippen LogP contribution in [0.15, 0.2) is 24.3 Å². The number of nitrogens with one attached hydrogen (secondary N) is 1. The monoisotopic (exact) mass is 309 g/mol. The summed E-state index contributed by atoms with van der Waals surface area (Å²) in [5.41, 5.74) is 2.68. The fourth-order valence-electron chi connectivity index (χ4n) is 2.79. The van der Waals surface area contributed by atoms with Gasteiger partial charge >= 0.3 is 0 Å². The van der Waals surface area contributed by atoms with Gasteiger partial charge in [0.1, 0.15) is 0 Å². The first-order chi connectivity index (χ1) is 9.70. The Morgan fingerprint density at radius 3 is 2.33 bits per heavy atom. The molecule has 2 rings (SSSR count). The van der Waals surface area contributed by atoms with Crippen LogP contribution in [-0.2, 0) is 15.3 Å². The van der Waals surface area contributed by atoms with E-state index < -0.39 is 9.84 Å². The van der Waals surface area contributed by atoms with Crippen molar-refractivity contribution in [3.63, 3.8) is 0 Å². The van der Waals surface area contributed by atoms with Gasteiger partial charge in [0.2, 0.25) is 0 Å². The predicted molar refractivity (Wildman–Crippen MR) is 88.4 cm³/mol. The van der Waals surface area contributed by atoms with Crippen LogP contribution in [0.2, 0.25) is 0 Å². The first-order valence-electron chi connectivity index (χ1n) is 7.75. The zero-order valence-electron chi connectivity index (χ0n) is 13.5. The molecule has 1 aromatic carbocycles. The number of benzene rings is 1. The summed E-state index contributed by atoms with van der Waals surface area (Å²) in [6.07, 6.45) is 1.61. The highest BCUT2D eigenvalue weighted by molar-refractivity contribution is 7.92. The highest BCUT2D eigenvalue weighted by Gasteiger charge is 2.31. The summed E-state index contributed by atoms with van der Waals surface area (Å²) in [6.45, 7) is 9.26. The molecule has 0 aliphatic carbocycles. The third kappa shape index (κ3) is 4.07. The second-order valence-electron chi connectivity index (χ2n) is 7.13. The molecule has 0 saturated carbocycles. The van der Waals surface area contributed by atoms with Crippen molar-refractivity contribution in [3.8, 4) is 0 Å².